The lowest BCUT2D eigenvalue weighted by atomic mass is 9.75. The van der Waals surface area contributed by atoms with Crippen molar-refractivity contribution in [2.45, 2.75) is 109 Å². The lowest BCUT2D eigenvalue weighted by molar-refractivity contribution is 0.148. The van der Waals surface area contributed by atoms with Gasteiger partial charge in [-0.05, 0) is 106 Å². The molecular formula is C31H46O4. The average molecular weight is 483 g/mol. The Morgan fingerprint density at radius 1 is 0.743 bits per heavy atom. The van der Waals surface area contributed by atoms with Crippen molar-refractivity contribution in [3.8, 4) is 11.5 Å². The molecule has 0 saturated heterocycles. The average Bonchev–Trinajstić information content (AvgIpc) is 2.89. The van der Waals surface area contributed by atoms with E-state index in [0.717, 1.165) is 75.7 Å². The third kappa shape index (κ3) is 8.25. The van der Waals surface area contributed by atoms with E-state index in [9.17, 15) is 10.2 Å². The van der Waals surface area contributed by atoms with Crippen molar-refractivity contribution in [2.75, 3.05) is 13.2 Å². The molecule has 3 rings (SSSR count). The van der Waals surface area contributed by atoms with Crippen molar-refractivity contribution in [3.05, 3.63) is 59.2 Å². The molecule has 0 bridgehead atoms. The Bertz CT molecular complexity index is 872. The minimum absolute atomic E-state index is 0.220. The molecule has 0 aliphatic heterocycles. The summed E-state index contributed by atoms with van der Waals surface area (Å²) in [6.07, 6.45) is 9.10. The molecule has 1 aliphatic rings. The van der Waals surface area contributed by atoms with E-state index in [2.05, 4.69) is 49.4 Å². The summed E-state index contributed by atoms with van der Waals surface area (Å²) < 4.78 is 12.4. The summed E-state index contributed by atoms with van der Waals surface area (Å²) in [5, 5.41) is 19.6. The van der Waals surface area contributed by atoms with E-state index in [0.29, 0.717) is 25.0 Å². The normalized spacial score (nSPS) is 19.8. The third-order valence-electron chi connectivity index (χ3n) is 7.58. The Hall–Kier alpha value is -2.04. The minimum atomic E-state index is -0.222. The second-order valence-electron chi connectivity index (χ2n) is 10.2. The number of benzene rings is 2. The molecule has 1 fully saturated rings. The van der Waals surface area contributed by atoms with Gasteiger partial charge in [0.1, 0.15) is 11.5 Å². The Kier molecular flexibility index (Phi) is 11.4. The van der Waals surface area contributed by atoms with Crippen LogP contribution in [0.3, 0.4) is 0 Å². The first kappa shape index (κ1) is 27.5. The maximum atomic E-state index is 9.82. The van der Waals surface area contributed by atoms with Crippen LogP contribution in [0.1, 0.15) is 107 Å². The molecule has 1 aliphatic carbocycles. The summed E-state index contributed by atoms with van der Waals surface area (Å²) in [5.41, 5.74) is 3.88. The van der Waals surface area contributed by atoms with Gasteiger partial charge in [0, 0.05) is 0 Å². The first-order chi connectivity index (χ1) is 17.0. The van der Waals surface area contributed by atoms with Crippen molar-refractivity contribution < 1.29 is 19.7 Å². The molecule has 2 atom stereocenters. The number of aliphatic hydroxyl groups excluding tert-OH is 2. The van der Waals surface area contributed by atoms with Gasteiger partial charge in [-0.25, -0.2) is 0 Å². The van der Waals surface area contributed by atoms with Gasteiger partial charge in [0.15, 0.2) is 0 Å². The van der Waals surface area contributed by atoms with Gasteiger partial charge in [-0.2, -0.15) is 0 Å². The fraction of sp³-hybridized carbons (Fsp3) is 0.613. The molecule has 2 aromatic rings. The van der Waals surface area contributed by atoms with E-state index in [4.69, 9.17) is 9.47 Å². The maximum absolute atomic E-state index is 9.82. The number of hydrogen-bond acceptors (Lipinski definition) is 4. The summed E-state index contributed by atoms with van der Waals surface area (Å²) in [6, 6.07) is 15.0. The zero-order chi connectivity index (χ0) is 25.0. The Morgan fingerprint density at radius 2 is 1.29 bits per heavy atom. The number of aliphatic hydroxyl groups is 2. The Labute approximate surface area is 212 Å². The van der Waals surface area contributed by atoms with Crippen LogP contribution in [-0.4, -0.2) is 35.6 Å². The van der Waals surface area contributed by atoms with Crippen LogP contribution in [0.25, 0.3) is 0 Å². The topological polar surface area (TPSA) is 58.9 Å². The molecule has 2 N–H and O–H groups in total. The number of rotatable bonds is 14. The lowest BCUT2D eigenvalue weighted by Gasteiger charge is -2.31. The molecule has 4 nitrogen and oxygen atoms in total. The Balaban J connectivity index is 1.57. The van der Waals surface area contributed by atoms with Crippen molar-refractivity contribution >= 4 is 0 Å². The first-order valence-electron chi connectivity index (χ1n) is 13.8. The predicted molar refractivity (Wildman–Crippen MR) is 144 cm³/mol. The van der Waals surface area contributed by atoms with Crippen molar-refractivity contribution in [3.63, 3.8) is 0 Å². The molecule has 0 amide bonds. The lowest BCUT2D eigenvalue weighted by Crippen LogP contribution is -2.15. The summed E-state index contributed by atoms with van der Waals surface area (Å²) in [4.78, 5) is 0. The molecular weight excluding hydrogens is 436 g/mol. The fourth-order valence-electron chi connectivity index (χ4n) is 5.26. The molecule has 1 saturated carbocycles. The predicted octanol–water partition coefficient (Wildman–Crippen LogP) is 7.30. The molecule has 194 valence electrons. The number of ether oxygens (including phenoxy) is 2. The van der Waals surface area contributed by atoms with E-state index in [1.54, 1.807) is 0 Å². The highest BCUT2D eigenvalue weighted by Gasteiger charge is 2.27. The maximum Gasteiger partial charge on any atom is 0.125 e. The molecule has 2 unspecified atom stereocenters. The van der Waals surface area contributed by atoms with Gasteiger partial charge < -0.3 is 19.7 Å². The molecule has 0 heterocycles. The van der Waals surface area contributed by atoms with Crippen LogP contribution in [-0.2, 0) is 0 Å². The van der Waals surface area contributed by atoms with E-state index < -0.39 is 0 Å². The van der Waals surface area contributed by atoms with E-state index in [-0.39, 0.29) is 12.2 Å². The van der Waals surface area contributed by atoms with Crippen molar-refractivity contribution in [2.24, 2.45) is 0 Å². The van der Waals surface area contributed by atoms with Crippen LogP contribution in [0, 0.1) is 6.92 Å². The smallest absolute Gasteiger partial charge is 0.125 e. The van der Waals surface area contributed by atoms with Gasteiger partial charge in [0.2, 0.25) is 0 Å². The second-order valence-corrected chi connectivity index (χ2v) is 10.2. The molecule has 4 heteroatoms. The highest BCUT2D eigenvalue weighted by molar-refractivity contribution is 5.44. The van der Waals surface area contributed by atoms with Gasteiger partial charge in [0.25, 0.3) is 0 Å². The summed E-state index contributed by atoms with van der Waals surface area (Å²) in [6.45, 7) is 7.48. The third-order valence-corrected chi connectivity index (χ3v) is 7.58. The fourth-order valence-corrected chi connectivity index (χ4v) is 5.26. The summed E-state index contributed by atoms with van der Waals surface area (Å²) >= 11 is 0. The van der Waals surface area contributed by atoms with Crippen LogP contribution in [0.4, 0.5) is 0 Å². The largest absolute Gasteiger partial charge is 0.493 e. The first-order valence-corrected chi connectivity index (χ1v) is 13.8. The minimum Gasteiger partial charge on any atom is -0.493 e. The zero-order valence-corrected chi connectivity index (χ0v) is 22.0. The van der Waals surface area contributed by atoms with E-state index >= 15 is 0 Å². The van der Waals surface area contributed by atoms with Gasteiger partial charge in [-0.3, -0.25) is 0 Å². The van der Waals surface area contributed by atoms with Crippen LogP contribution in [0.5, 0.6) is 11.5 Å². The summed E-state index contributed by atoms with van der Waals surface area (Å²) in [7, 11) is 0. The van der Waals surface area contributed by atoms with Gasteiger partial charge >= 0.3 is 0 Å². The highest BCUT2D eigenvalue weighted by atomic mass is 16.5. The number of para-hydroxylation sites is 2. The van der Waals surface area contributed by atoms with Crippen LogP contribution >= 0.6 is 0 Å². The standard InChI is InChI=1S/C31H46O4/c1-4-26(32)12-9-21-34-30-16-7-6-14-28(30)24-17-19-25(20-18-24)29-15-8-11-23(3)31(29)35-22-10-13-27(33)5-2/h6-8,11,14-16,24-27,32-33H,4-5,9-10,12-13,17-22H2,1-3H3. The van der Waals surface area contributed by atoms with Gasteiger partial charge in [-0.15, -0.1) is 0 Å². The van der Waals surface area contributed by atoms with Gasteiger partial charge in [0.05, 0.1) is 25.4 Å². The number of hydrogen-bond donors (Lipinski definition) is 2. The van der Waals surface area contributed by atoms with Crippen LogP contribution in [0.2, 0.25) is 0 Å². The van der Waals surface area contributed by atoms with E-state index in [1.165, 1.54) is 16.7 Å². The van der Waals surface area contributed by atoms with Crippen LogP contribution < -0.4 is 9.47 Å². The van der Waals surface area contributed by atoms with Gasteiger partial charge in [-0.1, -0.05) is 50.2 Å². The SMILES string of the molecule is CCC(O)CCCOc1ccccc1C1CCC(c2cccc(C)c2OCCCC(O)CC)CC1. The summed E-state index contributed by atoms with van der Waals surface area (Å²) in [5.74, 6) is 3.11. The molecule has 2 aromatic carbocycles. The highest BCUT2D eigenvalue weighted by Crippen LogP contribution is 2.45. The second kappa shape index (κ2) is 14.5. The van der Waals surface area contributed by atoms with Crippen LogP contribution in [0.15, 0.2) is 42.5 Å². The molecule has 0 aromatic heterocycles. The number of aryl methyl sites for hydroxylation is 1. The molecule has 0 spiro atoms. The quantitative estimate of drug-likeness (QED) is 0.277. The Morgan fingerprint density at radius 3 is 1.91 bits per heavy atom. The van der Waals surface area contributed by atoms with E-state index in [1.807, 2.05) is 13.8 Å². The monoisotopic (exact) mass is 482 g/mol. The molecule has 35 heavy (non-hydrogen) atoms. The van der Waals surface area contributed by atoms with Crippen molar-refractivity contribution in [1.82, 2.24) is 0 Å². The van der Waals surface area contributed by atoms with Crippen molar-refractivity contribution in [1.29, 1.82) is 0 Å². The zero-order valence-electron chi connectivity index (χ0n) is 22.0. The molecule has 0 radical (unpaired) electrons.